The lowest BCUT2D eigenvalue weighted by Crippen LogP contribution is -2.18. The molecule has 29 heavy (non-hydrogen) atoms. The molecule has 2 aromatic rings. The smallest absolute Gasteiger partial charge is 0.354 e. The molecular weight excluding hydrogens is 414 g/mol. The van der Waals surface area contributed by atoms with Crippen LogP contribution in [0.25, 0.3) is 0 Å². The first-order chi connectivity index (χ1) is 13.6. The van der Waals surface area contributed by atoms with E-state index in [1.165, 1.54) is 6.20 Å². The zero-order chi connectivity index (χ0) is 21.0. The van der Waals surface area contributed by atoms with Crippen molar-refractivity contribution in [1.29, 1.82) is 0 Å². The number of nitrogens with one attached hydrogen (secondary N) is 1. The van der Waals surface area contributed by atoms with Gasteiger partial charge in [0.15, 0.2) is 9.92 Å². The van der Waals surface area contributed by atoms with Gasteiger partial charge in [-0.15, -0.1) is 15.7 Å². The summed E-state index contributed by atoms with van der Waals surface area (Å²) in [5.74, 6) is 0. The first-order valence-electron chi connectivity index (χ1n) is 9.33. The molecule has 2 aliphatic rings. The predicted octanol–water partition coefficient (Wildman–Crippen LogP) is 2.17. The van der Waals surface area contributed by atoms with E-state index in [0.29, 0.717) is 29.2 Å². The number of aliphatic hydroxyl groups is 2. The van der Waals surface area contributed by atoms with E-state index in [1.807, 2.05) is 0 Å². The predicted molar refractivity (Wildman–Crippen MR) is 109 cm³/mol. The van der Waals surface area contributed by atoms with E-state index in [0.717, 1.165) is 47.4 Å². The number of aryl methyl sites for hydroxylation is 1. The first-order valence-corrected chi connectivity index (χ1v) is 11.7. The van der Waals surface area contributed by atoms with Crippen molar-refractivity contribution in [1.82, 2.24) is 9.97 Å². The van der Waals surface area contributed by atoms with Crippen molar-refractivity contribution in [3.8, 4) is 0 Å². The van der Waals surface area contributed by atoms with E-state index in [1.54, 1.807) is 13.8 Å². The number of nitrogens with zero attached hydrogens (tertiary/aromatic N) is 3. The third-order valence-electron chi connectivity index (χ3n) is 5.09. The van der Waals surface area contributed by atoms with Crippen molar-refractivity contribution >= 4 is 33.0 Å². The van der Waals surface area contributed by atoms with Crippen molar-refractivity contribution in [3.63, 3.8) is 0 Å². The molecule has 2 amide bonds. The second kappa shape index (κ2) is 7.10. The van der Waals surface area contributed by atoms with Gasteiger partial charge in [-0.05, 0) is 51.5 Å². The highest BCUT2D eigenvalue weighted by Crippen LogP contribution is 2.40. The molecule has 156 valence electrons. The van der Waals surface area contributed by atoms with Gasteiger partial charge in [0.1, 0.15) is 14.8 Å². The molecule has 0 spiro atoms. The summed E-state index contributed by atoms with van der Waals surface area (Å²) in [5, 5.41) is 29.1. The van der Waals surface area contributed by atoms with Crippen LogP contribution < -0.4 is 10.5 Å². The van der Waals surface area contributed by atoms with Crippen molar-refractivity contribution < 1.29 is 19.2 Å². The van der Waals surface area contributed by atoms with Gasteiger partial charge >= 0.3 is 6.03 Å². The van der Waals surface area contributed by atoms with Crippen LogP contribution in [0.3, 0.4) is 0 Å². The summed E-state index contributed by atoms with van der Waals surface area (Å²) in [6, 6.07) is -0.820. The molecule has 0 aliphatic heterocycles. The van der Waals surface area contributed by atoms with Crippen LogP contribution >= 0.6 is 11.3 Å². The number of carbonyl (C=O) groups is 1. The Morgan fingerprint density at radius 2 is 2.14 bits per heavy atom. The zero-order valence-corrected chi connectivity index (χ0v) is 17.8. The van der Waals surface area contributed by atoms with E-state index in [9.17, 15) is 19.2 Å². The molecule has 2 aromatic heterocycles. The molecule has 5 N–H and O–H groups in total. The largest absolute Gasteiger partial charge is 0.387 e. The van der Waals surface area contributed by atoms with Crippen LogP contribution in [-0.4, -0.2) is 30.4 Å². The highest BCUT2D eigenvalue weighted by Gasteiger charge is 2.31. The number of thiazole rings is 1. The molecule has 9 nitrogen and oxygen atoms in total. The number of anilines is 1. The number of carbonyl (C=O) groups excluding carboxylic acids is 1. The third-order valence-corrected chi connectivity index (χ3v) is 8.28. The number of hydrogen-bond donors (Lipinski definition) is 4. The molecule has 0 saturated carbocycles. The van der Waals surface area contributed by atoms with E-state index in [4.69, 9.17) is 5.14 Å². The van der Waals surface area contributed by atoms with Crippen molar-refractivity contribution in [3.05, 3.63) is 33.7 Å². The number of rotatable bonds is 3. The molecule has 0 saturated heterocycles. The second-order valence-corrected chi connectivity index (χ2v) is 10.9. The lowest BCUT2D eigenvalue weighted by atomic mass is 10.1. The van der Waals surface area contributed by atoms with Crippen LogP contribution in [0.4, 0.5) is 10.5 Å². The molecule has 2 aliphatic carbocycles. The van der Waals surface area contributed by atoms with Gasteiger partial charge in [0.05, 0.1) is 23.7 Å². The Balaban J connectivity index is 1.66. The van der Waals surface area contributed by atoms with Crippen molar-refractivity contribution in [2.75, 3.05) is 5.32 Å². The lowest BCUT2D eigenvalue weighted by molar-refractivity contribution is 0.0783. The summed E-state index contributed by atoms with van der Waals surface area (Å²) in [6.07, 6.45) is 4.30. The van der Waals surface area contributed by atoms with Crippen LogP contribution in [0.1, 0.15) is 60.3 Å². The Kier molecular flexibility index (Phi) is 4.98. The first kappa shape index (κ1) is 20.4. The van der Waals surface area contributed by atoms with Crippen molar-refractivity contribution in [2.24, 2.45) is 9.50 Å². The van der Waals surface area contributed by atoms with Gasteiger partial charge in [0, 0.05) is 11.3 Å². The summed E-state index contributed by atoms with van der Waals surface area (Å²) in [7, 11) is -3.52. The molecule has 0 bridgehead atoms. The van der Waals surface area contributed by atoms with Crippen LogP contribution in [0, 0.1) is 0 Å². The minimum Gasteiger partial charge on any atom is -0.387 e. The maximum absolute atomic E-state index is 12.8. The van der Waals surface area contributed by atoms with Gasteiger partial charge < -0.3 is 15.5 Å². The number of nitrogens with two attached hydrogens (primary N) is 1. The standard InChI is InChI=1S/C18H23N5O4S2/c1-18(2,26)16-20-8-13(28-16)29(19,27)23-17(25)22-14-9-4-3-5-11(9)21-15-10(14)6-7-12(15)24/h8,12,24,26H,3-7H2,1-2H3,(H3,19,21,22,23,25,27). The summed E-state index contributed by atoms with van der Waals surface area (Å²) in [4.78, 5) is 21.2. The number of pyridine rings is 1. The Bertz CT molecular complexity index is 1110. The van der Waals surface area contributed by atoms with E-state index >= 15 is 0 Å². The maximum Gasteiger partial charge on any atom is 0.354 e. The van der Waals surface area contributed by atoms with Gasteiger partial charge in [-0.2, -0.15) is 0 Å². The minimum absolute atomic E-state index is 0.116. The van der Waals surface area contributed by atoms with E-state index < -0.39 is 27.7 Å². The topological polar surface area (TPSA) is 151 Å². The Hall–Kier alpha value is -1.92. The summed E-state index contributed by atoms with van der Waals surface area (Å²) in [5.41, 5.74) is 2.65. The number of fused-ring (bicyclic) bond motifs is 2. The molecular formula is C18H23N5O4S2. The number of hydrogen-bond acceptors (Lipinski definition) is 7. The molecule has 0 aromatic carbocycles. The number of urea groups is 1. The molecule has 2 unspecified atom stereocenters. The second-order valence-electron chi connectivity index (χ2n) is 7.82. The third kappa shape index (κ3) is 3.80. The normalized spacial score (nSPS) is 20.1. The summed E-state index contributed by atoms with van der Waals surface area (Å²) < 4.78 is 16.7. The Morgan fingerprint density at radius 3 is 2.83 bits per heavy atom. The quantitative estimate of drug-likeness (QED) is 0.578. The molecule has 0 radical (unpaired) electrons. The van der Waals surface area contributed by atoms with Crippen molar-refractivity contribution in [2.45, 2.75) is 61.9 Å². The van der Waals surface area contributed by atoms with Crippen LogP contribution in [0.2, 0.25) is 0 Å². The summed E-state index contributed by atoms with van der Waals surface area (Å²) in [6.45, 7) is 3.10. The average molecular weight is 438 g/mol. The molecule has 2 atom stereocenters. The Labute approximate surface area is 172 Å². The monoisotopic (exact) mass is 437 g/mol. The van der Waals surface area contributed by atoms with Gasteiger partial charge in [-0.3, -0.25) is 4.98 Å². The lowest BCUT2D eigenvalue weighted by Gasteiger charge is -2.15. The number of amides is 2. The molecule has 2 heterocycles. The van der Waals surface area contributed by atoms with E-state index in [-0.39, 0.29) is 4.21 Å². The van der Waals surface area contributed by atoms with Gasteiger partial charge in [0.25, 0.3) is 0 Å². The van der Waals surface area contributed by atoms with Gasteiger partial charge in [-0.1, -0.05) is 0 Å². The van der Waals surface area contributed by atoms with Crippen LogP contribution in [-0.2, 0) is 34.8 Å². The zero-order valence-electron chi connectivity index (χ0n) is 16.1. The fourth-order valence-electron chi connectivity index (χ4n) is 3.72. The van der Waals surface area contributed by atoms with Gasteiger partial charge in [-0.25, -0.2) is 19.1 Å². The number of aromatic nitrogens is 2. The Morgan fingerprint density at radius 1 is 1.38 bits per heavy atom. The van der Waals surface area contributed by atoms with E-state index in [2.05, 4.69) is 19.6 Å². The summed E-state index contributed by atoms with van der Waals surface area (Å²) >= 11 is 0.957. The fraction of sp³-hybridized carbons (Fsp3) is 0.500. The molecule has 11 heteroatoms. The average Bonchev–Trinajstić information content (AvgIpc) is 3.33. The minimum atomic E-state index is -3.52. The molecule has 0 fully saturated rings. The highest BCUT2D eigenvalue weighted by atomic mass is 32.2. The van der Waals surface area contributed by atoms with Crippen LogP contribution in [0.5, 0.6) is 0 Å². The van der Waals surface area contributed by atoms with Gasteiger partial charge in [0.2, 0.25) is 0 Å². The van der Waals surface area contributed by atoms with Crippen LogP contribution in [0.15, 0.2) is 14.8 Å². The number of aliphatic hydroxyl groups excluding tert-OH is 1. The highest BCUT2D eigenvalue weighted by molar-refractivity contribution is 7.93. The fourth-order valence-corrected chi connectivity index (χ4v) is 5.78. The molecule has 4 rings (SSSR count). The maximum atomic E-state index is 12.8. The SMILES string of the molecule is CC(C)(O)c1ncc(S(N)(=O)=NC(=O)Nc2c3c(nc4c2CCC4O)CCC3)s1.